The summed E-state index contributed by atoms with van der Waals surface area (Å²) in [6, 6.07) is 12.7. The van der Waals surface area contributed by atoms with E-state index in [1.54, 1.807) is 25.1 Å². The van der Waals surface area contributed by atoms with Gasteiger partial charge in [-0.2, -0.15) is 0 Å². The van der Waals surface area contributed by atoms with E-state index in [1.807, 2.05) is 38.1 Å². The van der Waals surface area contributed by atoms with Gasteiger partial charge in [-0.15, -0.1) is 0 Å². The van der Waals surface area contributed by atoms with Crippen LogP contribution in [0.5, 0.6) is 0 Å². The highest BCUT2D eigenvalue weighted by atomic mass is 35.5. The SMILES string of the molecule is CCOC(=O)c1ccc(CCNC(=O)c2cc(Cl)ccc2N2CC(C)OC(C)C2)cc1. The van der Waals surface area contributed by atoms with Crippen LogP contribution < -0.4 is 10.2 Å². The Morgan fingerprint density at radius 3 is 2.45 bits per heavy atom. The van der Waals surface area contributed by atoms with Crippen LogP contribution >= 0.6 is 11.6 Å². The summed E-state index contributed by atoms with van der Waals surface area (Å²) in [7, 11) is 0. The van der Waals surface area contributed by atoms with Gasteiger partial charge in [0.05, 0.1) is 29.9 Å². The molecular weight excluding hydrogens is 416 g/mol. The number of halogens is 1. The summed E-state index contributed by atoms with van der Waals surface area (Å²) in [6.45, 7) is 8.11. The van der Waals surface area contributed by atoms with E-state index in [9.17, 15) is 9.59 Å². The molecule has 1 aliphatic heterocycles. The molecule has 6 nitrogen and oxygen atoms in total. The van der Waals surface area contributed by atoms with E-state index in [0.717, 1.165) is 24.3 Å². The maximum absolute atomic E-state index is 12.9. The van der Waals surface area contributed by atoms with E-state index >= 15 is 0 Å². The molecule has 166 valence electrons. The number of nitrogens with one attached hydrogen (secondary N) is 1. The molecule has 2 aromatic rings. The maximum Gasteiger partial charge on any atom is 0.338 e. The second-order valence-corrected chi connectivity index (χ2v) is 8.18. The first-order chi connectivity index (χ1) is 14.9. The minimum Gasteiger partial charge on any atom is -0.462 e. The number of carbonyl (C=O) groups excluding carboxylic acids is 2. The molecule has 0 aromatic heterocycles. The largest absolute Gasteiger partial charge is 0.462 e. The van der Waals surface area contributed by atoms with E-state index in [4.69, 9.17) is 21.1 Å². The highest BCUT2D eigenvalue weighted by Crippen LogP contribution is 2.27. The maximum atomic E-state index is 12.9. The topological polar surface area (TPSA) is 67.9 Å². The Kier molecular flexibility index (Phi) is 7.93. The van der Waals surface area contributed by atoms with Gasteiger partial charge in [-0.25, -0.2) is 4.79 Å². The first kappa shape index (κ1) is 23.1. The second-order valence-electron chi connectivity index (χ2n) is 7.75. The summed E-state index contributed by atoms with van der Waals surface area (Å²) in [5, 5.41) is 3.51. The van der Waals surface area contributed by atoms with E-state index in [2.05, 4.69) is 10.2 Å². The van der Waals surface area contributed by atoms with Crippen molar-refractivity contribution in [2.45, 2.75) is 39.4 Å². The predicted octanol–water partition coefficient (Wildman–Crippen LogP) is 4.10. The number of hydrogen-bond acceptors (Lipinski definition) is 5. The lowest BCUT2D eigenvalue weighted by atomic mass is 10.1. The average Bonchev–Trinajstić information content (AvgIpc) is 2.73. The minimum atomic E-state index is -0.331. The molecule has 3 rings (SSSR count). The number of morpholine rings is 1. The van der Waals surface area contributed by atoms with Crippen LogP contribution in [-0.2, 0) is 15.9 Å². The van der Waals surface area contributed by atoms with Gasteiger partial charge in [0.25, 0.3) is 5.91 Å². The summed E-state index contributed by atoms with van der Waals surface area (Å²) < 4.78 is 10.8. The summed E-state index contributed by atoms with van der Waals surface area (Å²) >= 11 is 6.19. The quantitative estimate of drug-likeness (QED) is 0.651. The molecule has 0 aliphatic carbocycles. The van der Waals surface area contributed by atoms with Crippen LogP contribution in [0.3, 0.4) is 0 Å². The third kappa shape index (κ3) is 6.21. The van der Waals surface area contributed by atoms with Crippen molar-refractivity contribution in [1.82, 2.24) is 5.32 Å². The zero-order chi connectivity index (χ0) is 22.4. The number of rotatable bonds is 7. The second kappa shape index (κ2) is 10.6. The van der Waals surface area contributed by atoms with Crippen LogP contribution in [0.15, 0.2) is 42.5 Å². The van der Waals surface area contributed by atoms with E-state index in [0.29, 0.717) is 35.7 Å². The van der Waals surface area contributed by atoms with Crippen molar-refractivity contribution in [2.75, 3.05) is 31.1 Å². The fourth-order valence-electron chi connectivity index (χ4n) is 3.78. The van der Waals surface area contributed by atoms with Gasteiger partial charge >= 0.3 is 5.97 Å². The zero-order valence-electron chi connectivity index (χ0n) is 18.2. The molecule has 2 atom stereocenters. The fraction of sp³-hybridized carbons (Fsp3) is 0.417. The molecular formula is C24H29ClN2O4. The van der Waals surface area contributed by atoms with Gasteiger partial charge in [-0.3, -0.25) is 4.79 Å². The van der Waals surface area contributed by atoms with Crippen LogP contribution in [-0.4, -0.2) is 50.3 Å². The standard InChI is InChI=1S/C24H29ClN2O4/c1-4-30-24(29)19-7-5-18(6-8-19)11-12-26-23(28)21-13-20(25)9-10-22(21)27-14-16(2)31-17(3)15-27/h5-10,13,16-17H,4,11-12,14-15H2,1-3H3,(H,26,28). The number of hydrogen-bond donors (Lipinski definition) is 1. The molecule has 1 saturated heterocycles. The molecule has 7 heteroatoms. The fourth-order valence-corrected chi connectivity index (χ4v) is 3.95. The van der Waals surface area contributed by atoms with Gasteiger partial charge in [0.2, 0.25) is 0 Å². The lowest BCUT2D eigenvalue weighted by molar-refractivity contribution is -0.00527. The van der Waals surface area contributed by atoms with Crippen LogP contribution in [0.1, 0.15) is 47.1 Å². The molecule has 1 amide bonds. The third-order valence-corrected chi connectivity index (χ3v) is 5.36. The lowest BCUT2D eigenvalue weighted by Gasteiger charge is -2.37. The van der Waals surface area contributed by atoms with Gasteiger partial charge in [0.15, 0.2) is 0 Å². The Labute approximate surface area is 188 Å². The highest BCUT2D eigenvalue weighted by Gasteiger charge is 2.25. The summed E-state index contributed by atoms with van der Waals surface area (Å²) in [6.07, 6.45) is 0.831. The first-order valence-electron chi connectivity index (χ1n) is 10.6. The molecule has 2 aromatic carbocycles. The van der Waals surface area contributed by atoms with Crippen molar-refractivity contribution < 1.29 is 19.1 Å². The number of benzene rings is 2. The molecule has 1 fully saturated rings. The number of carbonyl (C=O) groups is 2. The Morgan fingerprint density at radius 1 is 1.13 bits per heavy atom. The minimum absolute atomic E-state index is 0.0907. The van der Waals surface area contributed by atoms with Crippen molar-refractivity contribution in [3.63, 3.8) is 0 Å². The zero-order valence-corrected chi connectivity index (χ0v) is 18.9. The molecule has 1 N–H and O–H groups in total. The van der Waals surface area contributed by atoms with Gasteiger partial charge < -0.3 is 19.7 Å². The van der Waals surface area contributed by atoms with E-state index < -0.39 is 0 Å². The Balaban J connectivity index is 1.63. The average molecular weight is 445 g/mol. The van der Waals surface area contributed by atoms with Crippen molar-refractivity contribution in [2.24, 2.45) is 0 Å². The molecule has 1 heterocycles. The third-order valence-electron chi connectivity index (χ3n) is 5.13. The summed E-state index contributed by atoms with van der Waals surface area (Å²) in [5.41, 5.74) is 2.97. The Hall–Kier alpha value is -2.57. The molecule has 1 aliphatic rings. The molecule has 0 bridgehead atoms. The molecule has 0 radical (unpaired) electrons. The number of esters is 1. The van der Waals surface area contributed by atoms with Crippen molar-refractivity contribution in [1.29, 1.82) is 0 Å². The Morgan fingerprint density at radius 2 is 1.81 bits per heavy atom. The molecule has 0 spiro atoms. The highest BCUT2D eigenvalue weighted by molar-refractivity contribution is 6.31. The van der Waals surface area contributed by atoms with Crippen LogP contribution in [0, 0.1) is 0 Å². The number of amides is 1. The monoisotopic (exact) mass is 444 g/mol. The first-order valence-corrected chi connectivity index (χ1v) is 11.0. The normalized spacial score (nSPS) is 18.5. The van der Waals surface area contributed by atoms with Gasteiger partial charge in [-0.05, 0) is 63.1 Å². The van der Waals surface area contributed by atoms with Gasteiger partial charge in [0.1, 0.15) is 0 Å². The number of anilines is 1. The predicted molar refractivity (Wildman–Crippen MR) is 122 cm³/mol. The van der Waals surface area contributed by atoms with Gasteiger partial charge in [-0.1, -0.05) is 23.7 Å². The van der Waals surface area contributed by atoms with Crippen LogP contribution in [0.2, 0.25) is 5.02 Å². The summed E-state index contributed by atoms with van der Waals surface area (Å²) in [4.78, 5) is 26.9. The lowest BCUT2D eigenvalue weighted by Crippen LogP contribution is -2.46. The Bertz CT molecular complexity index is 906. The number of ether oxygens (including phenoxy) is 2. The van der Waals surface area contributed by atoms with E-state index in [1.165, 1.54) is 0 Å². The smallest absolute Gasteiger partial charge is 0.338 e. The van der Waals surface area contributed by atoms with Crippen LogP contribution in [0.25, 0.3) is 0 Å². The molecule has 31 heavy (non-hydrogen) atoms. The van der Waals surface area contributed by atoms with Gasteiger partial charge in [0, 0.05) is 30.3 Å². The van der Waals surface area contributed by atoms with Crippen molar-refractivity contribution in [3.05, 3.63) is 64.2 Å². The number of nitrogens with zero attached hydrogens (tertiary/aromatic N) is 1. The van der Waals surface area contributed by atoms with E-state index in [-0.39, 0.29) is 24.1 Å². The molecule has 2 unspecified atom stereocenters. The van der Waals surface area contributed by atoms with Crippen LogP contribution in [0.4, 0.5) is 5.69 Å². The summed E-state index contributed by atoms with van der Waals surface area (Å²) in [5.74, 6) is -0.491. The molecule has 0 saturated carbocycles. The van der Waals surface area contributed by atoms with Crippen molar-refractivity contribution >= 4 is 29.2 Å². The van der Waals surface area contributed by atoms with Crippen molar-refractivity contribution in [3.8, 4) is 0 Å².